The number of thiazole rings is 1. The zero-order valence-corrected chi connectivity index (χ0v) is 17.3. The highest BCUT2D eigenvalue weighted by Crippen LogP contribution is 2.15. The minimum absolute atomic E-state index is 0.102. The maximum absolute atomic E-state index is 12.3. The van der Waals surface area contributed by atoms with E-state index in [1.54, 1.807) is 0 Å². The lowest BCUT2D eigenvalue weighted by Crippen LogP contribution is -2.42. The Morgan fingerprint density at radius 2 is 1.96 bits per heavy atom. The second-order valence-electron chi connectivity index (χ2n) is 7.10. The van der Waals surface area contributed by atoms with Crippen molar-refractivity contribution < 1.29 is 9.53 Å². The van der Waals surface area contributed by atoms with Crippen LogP contribution in [0.4, 0.5) is 5.13 Å². The molecule has 0 atom stereocenters. The van der Waals surface area contributed by atoms with Gasteiger partial charge in [0, 0.05) is 56.7 Å². The number of rotatable bonds is 10. The highest BCUT2D eigenvalue weighted by molar-refractivity contribution is 7.13. The van der Waals surface area contributed by atoms with E-state index in [1.165, 1.54) is 11.3 Å². The second kappa shape index (κ2) is 10.8. The highest BCUT2D eigenvalue weighted by atomic mass is 32.1. The molecule has 0 unspecified atom stereocenters. The van der Waals surface area contributed by atoms with E-state index in [0.717, 1.165) is 51.1 Å². The van der Waals surface area contributed by atoms with E-state index >= 15 is 0 Å². The second-order valence-corrected chi connectivity index (χ2v) is 7.96. The lowest BCUT2D eigenvalue weighted by Gasteiger charge is -2.30. The summed E-state index contributed by atoms with van der Waals surface area (Å²) in [5.41, 5.74) is 0.490. The van der Waals surface area contributed by atoms with Gasteiger partial charge in [-0.2, -0.15) is 0 Å². The molecule has 0 aliphatic carbocycles. The van der Waals surface area contributed by atoms with Crippen molar-refractivity contribution in [3.05, 3.63) is 11.1 Å². The van der Waals surface area contributed by atoms with Crippen LogP contribution < -0.4 is 10.6 Å². The first-order valence-corrected chi connectivity index (χ1v) is 10.4. The van der Waals surface area contributed by atoms with E-state index in [4.69, 9.17) is 4.74 Å². The summed E-state index contributed by atoms with van der Waals surface area (Å²) in [5.74, 6) is -0.102. The Kier molecular flexibility index (Phi) is 8.77. The van der Waals surface area contributed by atoms with Crippen molar-refractivity contribution in [1.82, 2.24) is 20.1 Å². The smallest absolute Gasteiger partial charge is 0.270 e. The summed E-state index contributed by atoms with van der Waals surface area (Å²) in [7, 11) is 0. The van der Waals surface area contributed by atoms with Gasteiger partial charge in [0.25, 0.3) is 5.91 Å². The average Bonchev–Trinajstić information content (AvgIpc) is 3.08. The lowest BCUT2D eigenvalue weighted by atomic mass is 10.2. The van der Waals surface area contributed by atoms with Crippen LogP contribution in [0.5, 0.6) is 0 Å². The molecule has 1 amide bonds. The van der Waals surface area contributed by atoms with Crippen molar-refractivity contribution in [2.24, 2.45) is 0 Å². The largest absolute Gasteiger partial charge is 0.379 e. The fourth-order valence-electron chi connectivity index (χ4n) is 3.11. The fourth-order valence-corrected chi connectivity index (χ4v) is 3.83. The molecule has 0 spiro atoms. The van der Waals surface area contributed by atoms with Gasteiger partial charge in [0.15, 0.2) is 5.13 Å². The maximum atomic E-state index is 12.3. The van der Waals surface area contributed by atoms with E-state index in [0.29, 0.717) is 24.3 Å². The van der Waals surface area contributed by atoms with E-state index in [9.17, 15) is 4.79 Å². The maximum Gasteiger partial charge on any atom is 0.270 e. The van der Waals surface area contributed by atoms with Gasteiger partial charge in [-0.15, -0.1) is 11.3 Å². The third kappa shape index (κ3) is 6.83. The number of morpholine rings is 1. The SMILES string of the molecule is CC(C)N(CCNC(=O)c1csc(NCCN2CCOCC2)n1)C(C)C. The summed E-state index contributed by atoms with van der Waals surface area (Å²) < 4.78 is 5.35. The molecular weight excluding hydrogens is 350 g/mol. The molecule has 2 heterocycles. The van der Waals surface area contributed by atoms with Crippen molar-refractivity contribution in [1.29, 1.82) is 0 Å². The molecule has 1 saturated heterocycles. The van der Waals surface area contributed by atoms with E-state index in [1.807, 2.05) is 5.38 Å². The molecule has 7 nitrogen and oxygen atoms in total. The molecule has 1 aliphatic heterocycles. The van der Waals surface area contributed by atoms with Crippen molar-refractivity contribution in [2.75, 3.05) is 57.8 Å². The van der Waals surface area contributed by atoms with Gasteiger partial charge in [-0.3, -0.25) is 14.6 Å². The van der Waals surface area contributed by atoms with Gasteiger partial charge in [-0.25, -0.2) is 4.98 Å². The van der Waals surface area contributed by atoms with Gasteiger partial charge in [-0.05, 0) is 27.7 Å². The van der Waals surface area contributed by atoms with Gasteiger partial charge in [-0.1, -0.05) is 0 Å². The third-order valence-electron chi connectivity index (χ3n) is 4.53. The van der Waals surface area contributed by atoms with Gasteiger partial charge in [0.05, 0.1) is 13.2 Å². The van der Waals surface area contributed by atoms with Crippen molar-refractivity contribution in [2.45, 2.75) is 39.8 Å². The van der Waals surface area contributed by atoms with Gasteiger partial charge >= 0.3 is 0 Å². The number of amides is 1. The first-order chi connectivity index (χ1) is 12.5. The van der Waals surface area contributed by atoms with Crippen LogP contribution in [-0.4, -0.2) is 85.3 Å². The topological polar surface area (TPSA) is 69.7 Å². The minimum atomic E-state index is -0.102. The first kappa shape index (κ1) is 21.1. The van der Waals surface area contributed by atoms with E-state index in [2.05, 4.69) is 53.1 Å². The Hall–Kier alpha value is -1.22. The summed E-state index contributed by atoms with van der Waals surface area (Å²) >= 11 is 1.48. The molecular formula is C18H33N5O2S. The minimum Gasteiger partial charge on any atom is -0.379 e. The number of nitrogens with zero attached hydrogens (tertiary/aromatic N) is 3. The number of nitrogens with one attached hydrogen (secondary N) is 2. The molecule has 0 saturated carbocycles. The van der Waals surface area contributed by atoms with Crippen LogP contribution in [0.3, 0.4) is 0 Å². The molecule has 1 aliphatic rings. The Morgan fingerprint density at radius 1 is 1.27 bits per heavy atom. The van der Waals surface area contributed by atoms with E-state index in [-0.39, 0.29) is 5.91 Å². The van der Waals surface area contributed by atoms with Crippen molar-refractivity contribution >= 4 is 22.4 Å². The molecule has 0 radical (unpaired) electrons. The molecule has 2 N–H and O–H groups in total. The van der Waals surface area contributed by atoms with Crippen LogP contribution in [0.25, 0.3) is 0 Å². The number of hydrogen-bond acceptors (Lipinski definition) is 7. The highest BCUT2D eigenvalue weighted by Gasteiger charge is 2.15. The Balaban J connectivity index is 1.69. The zero-order chi connectivity index (χ0) is 18.9. The number of carbonyl (C=O) groups excluding carboxylic acids is 1. The Morgan fingerprint density at radius 3 is 2.62 bits per heavy atom. The molecule has 2 rings (SSSR count). The van der Waals surface area contributed by atoms with E-state index < -0.39 is 0 Å². The first-order valence-electron chi connectivity index (χ1n) is 9.51. The van der Waals surface area contributed by atoms with Crippen LogP contribution in [-0.2, 0) is 4.74 Å². The predicted molar refractivity (Wildman–Crippen MR) is 107 cm³/mol. The fraction of sp³-hybridized carbons (Fsp3) is 0.778. The van der Waals surface area contributed by atoms with Crippen LogP contribution in [0.1, 0.15) is 38.2 Å². The number of ether oxygens (including phenoxy) is 1. The normalized spacial score (nSPS) is 15.8. The lowest BCUT2D eigenvalue weighted by molar-refractivity contribution is 0.0398. The molecule has 0 bridgehead atoms. The third-order valence-corrected chi connectivity index (χ3v) is 5.33. The summed E-state index contributed by atoms with van der Waals surface area (Å²) in [5, 5.41) is 8.90. The molecule has 1 aromatic heterocycles. The molecule has 0 aromatic carbocycles. The Labute approximate surface area is 161 Å². The van der Waals surface area contributed by atoms with Crippen LogP contribution in [0, 0.1) is 0 Å². The predicted octanol–water partition coefficient (Wildman–Crippen LogP) is 1.74. The number of carbonyl (C=O) groups is 1. The zero-order valence-electron chi connectivity index (χ0n) is 16.5. The van der Waals surface area contributed by atoms with Gasteiger partial charge < -0.3 is 15.4 Å². The molecule has 8 heteroatoms. The Bertz CT molecular complexity index is 535. The standard InChI is InChI=1S/C18H33N5O2S/c1-14(2)23(15(3)4)8-6-19-17(24)16-13-26-18(21-16)20-5-7-22-9-11-25-12-10-22/h13-15H,5-12H2,1-4H3,(H,19,24)(H,20,21). The summed E-state index contributed by atoms with van der Waals surface area (Å²) in [6.45, 7) is 15.6. The average molecular weight is 384 g/mol. The summed E-state index contributed by atoms with van der Waals surface area (Å²) in [6, 6.07) is 0.932. The van der Waals surface area contributed by atoms with Crippen molar-refractivity contribution in [3.8, 4) is 0 Å². The molecule has 1 fully saturated rings. The van der Waals surface area contributed by atoms with Gasteiger partial charge in [0.1, 0.15) is 5.69 Å². The number of aromatic nitrogens is 1. The van der Waals surface area contributed by atoms with Crippen LogP contribution in [0.2, 0.25) is 0 Å². The number of hydrogen-bond donors (Lipinski definition) is 2. The quantitative estimate of drug-likeness (QED) is 0.641. The molecule has 26 heavy (non-hydrogen) atoms. The van der Waals surface area contributed by atoms with Crippen molar-refractivity contribution in [3.63, 3.8) is 0 Å². The molecule has 1 aromatic rings. The van der Waals surface area contributed by atoms with Crippen LogP contribution in [0.15, 0.2) is 5.38 Å². The monoisotopic (exact) mass is 383 g/mol. The van der Waals surface area contributed by atoms with Crippen LogP contribution >= 0.6 is 11.3 Å². The molecule has 148 valence electrons. The summed E-state index contributed by atoms with van der Waals surface area (Å²) in [4.78, 5) is 21.4. The summed E-state index contributed by atoms with van der Waals surface area (Å²) in [6.07, 6.45) is 0. The van der Waals surface area contributed by atoms with Gasteiger partial charge in [0.2, 0.25) is 0 Å². The number of anilines is 1.